The van der Waals surface area contributed by atoms with Crippen LogP contribution in [0.1, 0.15) is 12.5 Å². The van der Waals surface area contributed by atoms with Crippen LogP contribution in [0.3, 0.4) is 0 Å². The number of hydrogen-bond donors (Lipinski definition) is 1. The van der Waals surface area contributed by atoms with Crippen LogP contribution in [0.5, 0.6) is 11.5 Å². The fraction of sp³-hybridized carbons (Fsp3) is 0.444. The highest BCUT2D eigenvalue weighted by Gasteiger charge is 2.18. The van der Waals surface area contributed by atoms with E-state index in [2.05, 4.69) is 32.0 Å². The van der Waals surface area contributed by atoms with Gasteiger partial charge in [0.05, 0.1) is 0 Å². The molecule has 0 unspecified atom stereocenters. The first kappa shape index (κ1) is 16.0. The molecule has 0 saturated carbocycles. The summed E-state index contributed by atoms with van der Waals surface area (Å²) in [7, 11) is 0. The van der Waals surface area contributed by atoms with Gasteiger partial charge in [-0.15, -0.1) is 0 Å². The second kappa shape index (κ2) is 7.14. The van der Waals surface area contributed by atoms with E-state index in [1.807, 2.05) is 30.5 Å². The molecule has 1 aromatic carbocycles. The van der Waals surface area contributed by atoms with Crippen LogP contribution in [-0.2, 0) is 6.54 Å². The monoisotopic (exact) mass is 341 g/mol. The predicted octanol–water partition coefficient (Wildman–Crippen LogP) is 1.96. The average Bonchev–Trinajstić information content (AvgIpc) is 3.14. The minimum atomic E-state index is 0.298. The molecule has 0 atom stereocenters. The summed E-state index contributed by atoms with van der Waals surface area (Å²) < 4.78 is 10.8. The molecule has 4 rings (SSSR count). The van der Waals surface area contributed by atoms with Gasteiger partial charge >= 0.3 is 0 Å². The van der Waals surface area contributed by atoms with Gasteiger partial charge in [-0.3, -0.25) is 0 Å². The van der Waals surface area contributed by atoms with E-state index in [0.717, 1.165) is 61.6 Å². The topological polar surface area (TPSA) is 62.8 Å². The third-order valence-electron chi connectivity index (χ3n) is 4.66. The summed E-state index contributed by atoms with van der Waals surface area (Å²) in [6.07, 6.45) is 1.82. The summed E-state index contributed by atoms with van der Waals surface area (Å²) in [6, 6.07) is 7.88. The van der Waals surface area contributed by atoms with Crippen LogP contribution in [0, 0.1) is 0 Å². The summed E-state index contributed by atoms with van der Waals surface area (Å²) >= 11 is 0. The van der Waals surface area contributed by atoms with Crippen molar-refractivity contribution in [3.63, 3.8) is 0 Å². The van der Waals surface area contributed by atoms with Crippen molar-refractivity contribution in [2.24, 2.45) is 0 Å². The van der Waals surface area contributed by atoms with E-state index in [4.69, 9.17) is 9.47 Å². The Morgan fingerprint density at radius 2 is 1.92 bits per heavy atom. The molecule has 0 bridgehead atoms. The second-order valence-electron chi connectivity index (χ2n) is 6.20. The van der Waals surface area contributed by atoms with Crippen molar-refractivity contribution in [2.45, 2.75) is 13.5 Å². The molecule has 1 aromatic heterocycles. The number of hydrogen-bond acceptors (Lipinski definition) is 7. The zero-order valence-electron chi connectivity index (χ0n) is 14.4. The Hall–Kier alpha value is -2.54. The van der Waals surface area contributed by atoms with E-state index in [9.17, 15) is 0 Å². The van der Waals surface area contributed by atoms with Gasteiger partial charge in [0, 0.05) is 38.9 Å². The van der Waals surface area contributed by atoms with Crippen LogP contribution < -0.4 is 19.7 Å². The first-order chi connectivity index (χ1) is 12.3. The van der Waals surface area contributed by atoms with Crippen molar-refractivity contribution in [3.05, 3.63) is 36.0 Å². The maximum absolute atomic E-state index is 5.42. The number of nitrogens with zero attached hydrogens (tertiary/aromatic N) is 4. The lowest BCUT2D eigenvalue weighted by Crippen LogP contribution is -2.46. The van der Waals surface area contributed by atoms with E-state index in [1.54, 1.807) is 0 Å². The van der Waals surface area contributed by atoms with Gasteiger partial charge in [0.1, 0.15) is 5.82 Å². The van der Waals surface area contributed by atoms with Gasteiger partial charge in [-0.2, -0.15) is 4.98 Å². The Morgan fingerprint density at radius 1 is 1.08 bits per heavy atom. The number of fused-ring (bicyclic) bond motifs is 1. The summed E-state index contributed by atoms with van der Waals surface area (Å²) in [5.41, 5.74) is 1.13. The zero-order chi connectivity index (χ0) is 17.1. The number of piperazine rings is 1. The van der Waals surface area contributed by atoms with Gasteiger partial charge in [0.15, 0.2) is 11.5 Å². The molecule has 7 nitrogen and oxygen atoms in total. The molecule has 7 heteroatoms. The lowest BCUT2D eigenvalue weighted by atomic mass is 10.2. The Bertz CT molecular complexity index is 731. The van der Waals surface area contributed by atoms with E-state index in [0.29, 0.717) is 13.3 Å². The molecule has 2 aromatic rings. The SMILES string of the molecule is CCN1CCN(c2nccc(NCc3ccc4c(c3)OCO4)n2)CC1. The molecule has 0 aliphatic carbocycles. The highest BCUT2D eigenvalue weighted by Crippen LogP contribution is 2.32. The predicted molar refractivity (Wildman–Crippen MR) is 96.3 cm³/mol. The maximum atomic E-state index is 5.42. The molecule has 3 heterocycles. The molecule has 0 spiro atoms. The van der Waals surface area contributed by atoms with Crippen LogP contribution in [-0.4, -0.2) is 54.4 Å². The van der Waals surface area contributed by atoms with Crippen LogP contribution >= 0.6 is 0 Å². The molecule has 1 N–H and O–H groups in total. The second-order valence-corrected chi connectivity index (χ2v) is 6.20. The maximum Gasteiger partial charge on any atom is 0.231 e. The third-order valence-corrected chi connectivity index (χ3v) is 4.66. The van der Waals surface area contributed by atoms with E-state index >= 15 is 0 Å². The number of ether oxygens (including phenoxy) is 2. The Balaban J connectivity index is 1.38. The Labute approximate surface area is 147 Å². The van der Waals surface area contributed by atoms with Crippen molar-refractivity contribution in [3.8, 4) is 11.5 Å². The van der Waals surface area contributed by atoms with Gasteiger partial charge in [-0.05, 0) is 30.3 Å². The van der Waals surface area contributed by atoms with E-state index in [1.165, 1.54) is 0 Å². The fourth-order valence-electron chi connectivity index (χ4n) is 3.11. The van der Waals surface area contributed by atoms with Gasteiger partial charge in [-0.1, -0.05) is 13.0 Å². The molecule has 1 fully saturated rings. The normalized spacial score (nSPS) is 16.9. The average molecular weight is 341 g/mol. The number of likely N-dealkylation sites (N-methyl/N-ethyl adjacent to an activating group) is 1. The molecule has 132 valence electrons. The van der Waals surface area contributed by atoms with Crippen molar-refractivity contribution in [2.75, 3.05) is 49.7 Å². The van der Waals surface area contributed by atoms with Crippen LogP contribution in [0.25, 0.3) is 0 Å². The van der Waals surface area contributed by atoms with E-state index < -0.39 is 0 Å². The summed E-state index contributed by atoms with van der Waals surface area (Å²) in [4.78, 5) is 13.8. The smallest absolute Gasteiger partial charge is 0.231 e. The minimum absolute atomic E-state index is 0.298. The third kappa shape index (κ3) is 3.61. The summed E-state index contributed by atoms with van der Waals surface area (Å²) in [5.74, 6) is 3.24. The molecule has 0 amide bonds. The van der Waals surface area contributed by atoms with Crippen LogP contribution in [0.15, 0.2) is 30.5 Å². The van der Waals surface area contributed by atoms with E-state index in [-0.39, 0.29) is 0 Å². The zero-order valence-corrected chi connectivity index (χ0v) is 14.4. The van der Waals surface area contributed by atoms with Gasteiger partial charge in [0.25, 0.3) is 0 Å². The Kier molecular flexibility index (Phi) is 4.56. The Morgan fingerprint density at radius 3 is 2.76 bits per heavy atom. The fourth-order valence-corrected chi connectivity index (χ4v) is 3.11. The summed E-state index contributed by atoms with van der Waals surface area (Å²) in [6.45, 7) is 8.35. The quantitative estimate of drug-likeness (QED) is 0.892. The largest absolute Gasteiger partial charge is 0.454 e. The first-order valence-corrected chi connectivity index (χ1v) is 8.74. The molecule has 2 aliphatic heterocycles. The number of nitrogens with one attached hydrogen (secondary N) is 1. The van der Waals surface area contributed by atoms with Crippen molar-refractivity contribution < 1.29 is 9.47 Å². The summed E-state index contributed by atoms with van der Waals surface area (Å²) in [5, 5.41) is 3.37. The lowest BCUT2D eigenvalue weighted by Gasteiger charge is -2.34. The van der Waals surface area contributed by atoms with Crippen LogP contribution in [0.2, 0.25) is 0 Å². The van der Waals surface area contributed by atoms with Crippen LogP contribution in [0.4, 0.5) is 11.8 Å². The highest BCUT2D eigenvalue weighted by molar-refractivity contribution is 5.46. The van der Waals surface area contributed by atoms with Gasteiger partial charge in [0.2, 0.25) is 12.7 Å². The molecule has 2 aliphatic rings. The van der Waals surface area contributed by atoms with Crippen molar-refractivity contribution in [1.29, 1.82) is 0 Å². The number of anilines is 2. The highest BCUT2D eigenvalue weighted by atomic mass is 16.7. The van der Waals surface area contributed by atoms with Gasteiger partial charge in [-0.25, -0.2) is 4.98 Å². The number of benzene rings is 1. The standard InChI is InChI=1S/C18H23N5O2/c1-2-22-7-9-23(10-8-22)18-19-6-5-17(21-18)20-12-14-3-4-15-16(11-14)25-13-24-15/h3-6,11H,2,7-10,12-13H2,1H3,(H,19,20,21). The first-order valence-electron chi connectivity index (χ1n) is 8.74. The minimum Gasteiger partial charge on any atom is -0.454 e. The molecule has 25 heavy (non-hydrogen) atoms. The molecule has 0 radical (unpaired) electrons. The van der Waals surface area contributed by atoms with Crippen molar-refractivity contribution in [1.82, 2.24) is 14.9 Å². The lowest BCUT2D eigenvalue weighted by molar-refractivity contribution is 0.174. The number of aromatic nitrogens is 2. The molecular weight excluding hydrogens is 318 g/mol. The van der Waals surface area contributed by atoms with Gasteiger partial charge < -0.3 is 24.6 Å². The van der Waals surface area contributed by atoms with Crippen molar-refractivity contribution >= 4 is 11.8 Å². The number of rotatable bonds is 5. The molecule has 1 saturated heterocycles. The molecular formula is C18H23N5O2.